The minimum atomic E-state index is -0.268. The van der Waals surface area contributed by atoms with Gasteiger partial charge in [0.05, 0.1) is 5.52 Å². The van der Waals surface area contributed by atoms with Crippen LogP contribution in [0.25, 0.3) is 33.3 Å². The van der Waals surface area contributed by atoms with Gasteiger partial charge in [0.25, 0.3) is 5.56 Å². The van der Waals surface area contributed by atoms with E-state index in [1.54, 1.807) is 10.6 Å². The Morgan fingerprint density at radius 1 is 0.964 bits per heavy atom. The van der Waals surface area contributed by atoms with Crippen molar-refractivity contribution >= 4 is 21.9 Å². The van der Waals surface area contributed by atoms with Gasteiger partial charge in [-0.3, -0.25) is 14.2 Å². The zero-order valence-electron chi connectivity index (χ0n) is 16.3. The summed E-state index contributed by atoms with van der Waals surface area (Å²) in [6, 6.07) is 17.0. The second-order valence-corrected chi connectivity index (χ2v) is 7.54. The third-order valence-electron chi connectivity index (χ3n) is 5.17. The van der Waals surface area contributed by atoms with Crippen LogP contribution in [0.1, 0.15) is 20.3 Å². The molecule has 0 atom stereocenters. The van der Waals surface area contributed by atoms with Gasteiger partial charge in [-0.15, -0.1) is 0 Å². The Balaban J connectivity index is 2.14. The van der Waals surface area contributed by atoms with Crippen LogP contribution < -0.4 is 11.0 Å². The summed E-state index contributed by atoms with van der Waals surface area (Å²) in [5.74, 6) is 1.04. The second kappa shape index (κ2) is 7.08. The lowest BCUT2D eigenvalue weighted by Crippen LogP contribution is -2.29. The van der Waals surface area contributed by atoms with Crippen molar-refractivity contribution in [2.24, 2.45) is 13.0 Å². The van der Waals surface area contributed by atoms with E-state index in [2.05, 4.69) is 13.8 Å². The summed E-state index contributed by atoms with van der Waals surface area (Å²) >= 11 is 0. The zero-order chi connectivity index (χ0) is 19.8. The SMILES string of the molecule is CC(C)CCn1c(-c2ccccc2)nc2c(c(=O)c3ccccc3n2C)c1=O. The highest BCUT2D eigenvalue weighted by molar-refractivity contribution is 5.91. The Bertz CT molecular complexity index is 1280. The fourth-order valence-electron chi connectivity index (χ4n) is 3.59. The number of rotatable bonds is 4. The molecule has 0 saturated heterocycles. The molecule has 5 nitrogen and oxygen atoms in total. The molecule has 0 saturated carbocycles. The van der Waals surface area contributed by atoms with Crippen LogP contribution in [0, 0.1) is 5.92 Å². The van der Waals surface area contributed by atoms with Gasteiger partial charge in [0.1, 0.15) is 11.2 Å². The number of aryl methyl sites for hydroxylation is 1. The molecule has 0 amide bonds. The van der Waals surface area contributed by atoms with Gasteiger partial charge < -0.3 is 4.57 Å². The van der Waals surface area contributed by atoms with Crippen molar-refractivity contribution in [2.75, 3.05) is 0 Å². The quantitative estimate of drug-likeness (QED) is 0.509. The summed E-state index contributed by atoms with van der Waals surface area (Å²) in [4.78, 5) is 31.4. The van der Waals surface area contributed by atoms with Crippen LogP contribution in [-0.4, -0.2) is 14.1 Å². The van der Waals surface area contributed by atoms with Crippen molar-refractivity contribution in [3.63, 3.8) is 0 Å². The maximum Gasteiger partial charge on any atom is 0.267 e. The van der Waals surface area contributed by atoms with Gasteiger partial charge in [-0.25, -0.2) is 4.98 Å². The fraction of sp³-hybridized carbons (Fsp3) is 0.261. The molecule has 0 N–H and O–H groups in total. The smallest absolute Gasteiger partial charge is 0.267 e. The third kappa shape index (κ3) is 2.93. The molecule has 2 aromatic heterocycles. The summed E-state index contributed by atoms with van der Waals surface area (Å²) in [7, 11) is 1.85. The average molecular weight is 373 g/mol. The van der Waals surface area contributed by atoms with Crippen LogP contribution in [0.5, 0.6) is 0 Å². The minimum absolute atomic E-state index is 0.157. The molecule has 5 heteroatoms. The number of pyridine rings is 1. The number of hydrogen-bond acceptors (Lipinski definition) is 3. The van der Waals surface area contributed by atoms with E-state index in [4.69, 9.17) is 4.98 Å². The molecule has 4 rings (SSSR count). The molecule has 0 spiro atoms. The number of aromatic nitrogens is 3. The molecule has 0 aliphatic heterocycles. The molecule has 142 valence electrons. The van der Waals surface area contributed by atoms with Crippen LogP contribution in [0.3, 0.4) is 0 Å². The monoisotopic (exact) mass is 373 g/mol. The molecule has 0 aliphatic rings. The topological polar surface area (TPSA) is 56.9 Å². The maximum absolute atomic E-state index is 13.5. The number of nitrogens with zero attached hydrogens (tertiary/aromatic N) is 3. The van der Waals surface area contributed by atoms with E-state index in [0.29, 0.717) is 29.3 Å². The number of hydrogen-bond donors (Lipinski definition) is 0. The molecule has 2 aromatic carbocycles. The summed E-state index contributed by atoms with van der Waals surface area (Å²) in [5.41, 5.74) is 1.54. The van der Waals surface area contributed by atoms with E-state index in [-0.39, 0.29) is 16.4 Å². The number of benzene rings is 2. The summed E-state index contributed by atoms with van der Waals surface area (Å²) in [6.45, 7) is 4.77. The molecule has 2 heterocycles. The molecular formula is C23H23N3O2. The van der Waals surface area contributed by atoms with Gasteiger partial charge >= 0.3 is 0 Å². The lowest BCUT2D eigenvalue weighted by molar-refractivity contribution is 0.509. The Labute approximate surface area is 162 Å². The average Bonchev–Trinajstić information content (AvgIpc) is 2.71. The normalized spacial score (nSPS) is 11.6. The van der Waals surface area contributed by atoms with Crippen molar-refractivity contribution in [3.05, 3.63) is 75.2 Å². The van der Waals surface area contributed by atoms with Crippen LogP contribution in [0.15, 0.2) is 64.2 Å². The van der Waals surface area contributed by atoms with E-state index < -0.39 is 0 Å². The zero-order valence-corrected chi connectivity index (χ0v) is 16.3. The molecule has 28 heavy (non-hydrogen) atoms. The highest BCUT2D eigenvalue weighted by atomic mass is 16.1. The lowest BCUT2D eigenvalue weighted by Gasteiger charge is -2.17. The molecule has 0 aliphatic carbocycles. The van der Waals surface area contributed by atoms with E-state index in [9.17, 15) is 9.59 Å². The van der Waals surface area contributed by atoms with Gasteiger partial charge in [-0.05, 0) is 24.5 Å². The Hall–Kier alpha value is -3.21. The van der Waals surface area contributed by atoms with Crippen molar-refractivity contribution < 1.29 is 0 Å². The number of para-hydroxylation sites is 1. The summed E-state index contributed by atoms with van der Waals surface area (Å²) in [5, 5.41) is 0.698. The van der Waals surface area contributed by atoms with Crippen molar-refractivity contribution in [1.82, 2.24) is 14.1 Å². The van der Waals surface area contributed by atoms with Gasteiger partial charge in [-0.1, -0.05) is 56.3 Å². The van der Waals surface area contributed by atoms with Crippen LogP contribution in [-0.2, 0) is 13.6 Å². The van der Waals surface area contributed by atoms with E-state index in [1.807, 2.05) is 60.1 Å². The van der Waals surface area contributed by atoms with E-state index in [0.717, 1.165) is 17.5 Å². The van der Waals surface area contributed by atoms with Crippen molar-refractivity contribution in [1.29, 1.82) is 0 Å². The molecule has 4 aromatic rings. The van der Waals surface area contributed by atoms with Gasteiger partial charge in [0.2, 0.25) is 5.43 Å². The second-order valence-electron chi connectivity index (χ2n) is 7.54. The Morgan fingerprint density at radius 3 is 2.36 bits per heavy atom. The van der Waals surface area contributed by atoms with E-state index >= 15 is 0 Å². The molecular weight excluding hydrogens is 350 g/mol. The Kier molecular flexibility index (Phi) is 4.59. The first kappa shape index (κ1) is 18.2. The van der Waals surface area contributed by atoms with Crippen LogP contribution >= 0.6 is 0 Å². The van der Waals surface area contributed by atoms with Gasteiger partial charge in [-0.2, -0.15) is 0 Å². The molecule has 0 unspecified atom stereocenters. The third-order valence-corrected chi connectivity index (χ3v) is 5.17. The molecule has 0 radical (unpaired) electrons. The van der Waals surface area contributed by atoms with Crippen molar-refractivity contribution in [3.8, 4) is 11.4 Å². The standard InChI is InChI=1S/C23H23N3O2/c1-15(2)13-14-26-21(16-9-5-4-6-10-16)24-22-19(23(26)28)20(27)17-11-7-8-12-18(17)25(22)3/h4-12,15H,13-14H2,1-3H3. The fourth-order valence-corrected chi connectivity index (χ4v) is 3.59. The molecule has 0 bridgehead atoms. The minimum Gasteiger partial charge on any atom is -0.328 e. The lowest BCUT2D eigenvalue weighted by atomic mass is 10.1. The van der Waals surface area contributed by atoms with Gasteiger partial charge in [0.15, 0.2) is 5.65 Å². The highest BCUT2D eigenvalue weighted by Crippen LogP contribution is 2.21. The maximum atomic E-state index is 13.5. The van der Waals surface area contributed by atoms with Gasteiger partial charge in [0, 0.05) is 24.5 Å². The first-order valence-electron chi connectivity index (χ1n) is 9.56. The molecule has 0 fully saturated rings. The highest BCUT2D eigenvalue weighted by Gasteiger charge is 2.19. The first-order valence-corrected chi connectivity index (χ1v) is 9.56. The Morgan fingerprint density at radius 2 is 1.64 bits per heavy atom. The predicted molar refractivity (Wildman–Crippen MR) is 114 cm³/mol. The van der Waals surface area contributed by atoms with Crippen LogP contribution in [0.4, 0.5) is 0 Å². The van der Waals surface area contributed by atoms with E-state index in [1.165, 1.54) is 0 Å². The van der Waals surface area contributed by atoms with Crippen LogP contribution in [0.2, 0.25) is 0 Å². The van der Waals surface area contributed by atoms with Crippen molar-refractivity contribution in [2.45, 2.75) is 26.8 Å². The predicted octanol–water partition coefficient (Wildman–Crippen LogP) is 3.96. The summed E-state index contributed by atoms with van der Waals surface area (Å²) in [6.07, 6.45) is 0.834. The first-order chi connectivity index (χ1) is 13.5. The number of fused-ring (bicyclic) bond motifs is 2. The largest absolute Gasteiger partial charge is 0.328 e. The summed E-state index contributed by atoms with van der Waals surface area (Å²) < 4.78 is 3.50.